The maximum Gasteiger partial charge on any atom is 0.219 e. The molecule has 4 rings (SSSR count). The molecule has 5 heteroatoms. The molecule has 35 heavy (non-hydrogen) atoms. The Balaban J connectivity index is 1.35. The second kappa shape index (κ2) is 12.8. The van der Waals surface area contributed by atoms with Crippen LogP contribution in [0.5, 0.6) is 5.75 Å². The molecule has 0 radical (unpaired) electrons. The second-order valence-corrected chi connectivity index (χ2v) is 10.3. The van der Waals surface area contributed by atoms with Gasteiger partial charge in [-0.15, -0.1) is 0 Å². The van der Waals surface area contributed by atoms with Gasteiger partial charge in [0.1, 0.15) is 11.6 Å². The van der Waals surface area contributed by atoms with Crippen LogP contribution in [0, 0.1) is 5.92 Å². The predicted molar refractivity (Wildman–Crippen MR) is 144 cm³/mol. The number of carbonyl (C=O) groups is 1. The van der Waals surface area contributed by atoms with Crippen LogP contribution in [0.1, 0.15) is 84.1 Å². The number of fused-ring (bicyclic) bond motifs is 1. The van der Waals surface area contributed by atoms with Crippen LogP contribution < -0.4 is 10.1 Å². The van der Waals surface area contributed by atoms with Crippen LogP contribution in [0.15, 0.2) is 48.5 Å². The summed E-state index contributed by atoms with van der Waals surface area (Å²) in [6.45, 7) is 5.81. The first-order chi connectivity index (χ1) is 17.1. The highest BCUT2D eigenvalue weighted by molar-refractivity contribution is 5.82. The molecular formula is C30H41N3O2. The molecular weight excluding hydrogens is 434 g/mol. The number of amides is 1. The number of carbonyl (C=O) groups excluding carboxylic acids is 1. The Morgan fingerprint density at radius 1 is 1.06 bits per heavy atom. The molecule has 0 unspecified atom stereocenters. The summed E-state index contributed by atoms with van der Waals surface area (Å²) in [6.07, 6.45) is 10.8. The normalized spacial score (nSPS) is 14.5. The second-order valence-electron chi connectivity index (χ2n) is 10.3. The predicted octanol–water partition coefficient (Wildman–Crippen LogP) is 7.31. The van der Waals surface area contributed by atoms with E-state index >= 15 is 0 Å². The number of unbranched alkanes of at least 4 members (excludes halogenated alkanes) is 2. The van der Waals surface area contributed by atoms with Crippen LogP contribution in [-0.4, -0.2) is 28.6 Å². The average Bonchev–Trinajstić information content (AvgIpc) is 3.26. The third-order valence-electron chi connectivity index (χ3n) is 6.99. The summed E-state index contributed by atoms with van der Waals surface area (Å²) < 4.78 is 8.59. The average molecular weight is 476 g/mol. The first-order valence-corrected chi connectivity index (χ1v) is 13.6. The summed E-state index contributed by atoms with van der Waals surface area (Å²) in [6, 6.07) is 17.3. The van der Waals surface area contributed by atoms with E-state index in [2.05, 4.69) is 66.2 Å². The highest BCUT2D eigenvalue weighted by Gasteiger charge is 2.22. The number of aromatic nitrogens is 2. The van der Waals surface area contributed by atoms with Crippen molar-refractivity contribution in [3.8, 4) is 17.1 Å². The fraction of sp³-hybridized carbons (Fsp3) is 0.533. The summed E-state index contributed by atoms with van der Waals surface area (Å²) >= 11 is 0. The Labute approximate surface area is 210 Å². The largest absolute Gasteiger partial charge is 0.494 e. The monoisotopic (exact) mass is 475 g/mol. The van der Waals surface area contributed by atoms with Gasteiger partial charge in [0, 0.05) is 30.6 Å². The zero-order valence-corrected chi connectivity index (χ0v) is 21.5. The van der Waals surface area contributed by atoms with Crippen LogP contribution in [0.3, 0.4) is 0 Å². The first kappa shape index (κ1) is 25.3. The standard InChI is InChI=1S/C30H41N3O2/c1-23(2)19-20-31-29(34)16-10-5-11-21-35-26-17-18-27-28(22-26)33(25-14-8-4-9-15-25)30(32-27)24-12-6-3-7-13-24/h3,6-7,12-13,17-18,22-23,25H,4-5,8-11,14-16,19-21H2,1-2H3,(H,31,34). The molecule has 1 amide bonds. The van der Waals surface area contributed by atoms with Crippen LogP contribution >= 0.6 is 0 Å². The van der Waals surface area contributed by atoms with Gasteiger partial charge in [-0.25, -0.2) is 4.98 Å². The molecule has 0 aliphatic heterocycles. The van der Waals surface area contributed by atoms with Gasteiger partial charge in [-0.3, -0.25) is 4.79 Å². The highest BCUT2D eigenvalue weighted by atomic mass is 16.5. The lowest BCUT2D eigenvalue weighted by Gasteiger charge is -2.25. The minimum absolute atomic E-state index is 0.169. The Morgan fingerprint density at radius 3 is 2.63 bits per heavy atom. The molecule has 1 heterocycles. The maximum absolute atomic E-state index is 11.9. The molecule has 1 aromatic heterocycles. The van der Waals surface area contributed by atoms with Crippen molar-refractivity contribution in [3.63, 3.8) is 0 Å². The molecule has 1 aliphatic carbocycles. The lowest BCUT2D eigenvalue weighted by molar-refractivity contribution is -0.121. The number of hydrogen-bond donors (Lipinski definition) is 1. The van der Waals surface area contributed by atoms with Gasteiger partial charge in [0.25, 0.3) is 0 Å². The molecule has 1 N–H and O–H groups in total. The van der Waals surface area contributed by atoms with Gasteiger partial charge in [0.05, 0.1) is 17.6 Å². The maximum atomic E-state index is 11.9. The van der Waals surface area contributed by atoms with Crippen molar-refractivity contribution in [3.05, 3.63) is 48.5 Å². The van der Waals surface area contributed by atoms with Gasteiger partial charge in [0.15, 0.2) is 0 Å². The molecule has 3 aromatic rings. The summed E-state index contributed by atoms with van der Waals surface area (Å²) in [4.78, 5) is 17.0. The molecule has 188 valence electrons. The van der Waals surface area contributed by atoms with Crippen LogP contribution in [0.4, 0.5) is 0 Å². The molecule has 5 nitrogen and oxygen atoms in total. The number of nitrogens with zero attached hydrogens (tertiary/aromatic N) is 2. The van der Waals surface area contributed by atoms with Crippen LogP contribution in [-0.2, 0) is 4.79 Å². The van der Waals surface area contributed by atoms with Crippen molar-refractivity contribution in [1.82, 2.24) is 14.9 Å². The van der Waals surface area contributed by atoms with Crippen molar-refractivity contribution in [2.45, 2.75) is 84.1 Å². The Hall–Kier alpha value is -2.82. The molecule has 0 spiro atoms. The van der Waals surface area contributed by atoms with Crippen molar-refractivity contribution >= 4 is 16.9 Å². The minimum atomic E-state index is 0.169. The van der Waals surface area contributed by atoms with Crippen molar-refractivity contribution in [1.29, 1.82) is 0 Å². The number of ether oxygens (including phenoxy) is 1. The van der Waals surface area contributed by atoms with Gasteiger partial charge in [0.2, 0.25) is 5.91 Å². The fourth-order valence-corrected chi connectivity index (χ4v) is 5.01. The summed E-state index contributed by atoms with van der Waals surface area (Å²) in [7, 11) is 0. The fourth-order valence-electron chi connectivity index (χ4n) is 5.01. The topological polar surface area (TPSA) is 56.1 Å². The number of hydrogen-bond acceptors (Lipinski definition) is 3. The molecule has 1 saturated carbocycles. The van der Waals surface area contributed by atoms with Gasteiger partial charge in [-0.2, -0.15) is 0 Å². The Morgan fingerprint density at radius 2 is 1.86 bits per heavy atom. The molecule has 1 fully saturated rings. The van der Waals surface area contributed by atoms with Gasteiger partial charge in [-0.05, 0) is 56.6 Å². The zero-order valence-electron chi connectivity index (χ0n) is 21.5. The molecule has 2 aromatic carbocycles. The number of benzene rings is 2. The third kappa shape index (κ3) is 7.09. The Kier molecular flexibility index (Phi) is 9.21. The molecule has 0 saturated heterocycles. The van der Waals surface area contributed by atoms with E-state index < -0.39 is 0 Å². The Bertz CT molecular complexity index is 1070. The van der Waals surface area contributed by atoms with E-state index in [1.54, 1.807) is 0 Å². The van der Waals surface area contributed by atoms with E-state index in [1.807, 2.05) is 6.07 Å². The molecule has 0 bridgehead atoms. The number of rotatable bonds is 12. The number of imidazole rings is 1. The molecule has 1 aliphatic rings. The first-order valence-electron chi connectivity index (χ1n) is 13.6. The van der Waals surface area contributed by atoms with E-state index in [9.17, 15) is 4.79 Å². The summed E-state index contributed by atoms with van der Waals surface area (Å²) in [5.41, 5.74) is 3.38. The SMILES string of the molecule is CC(C)CCNC(=O)CCCCCOc1ccc2nc(-c3ccccc3)n(C3CCCCC3)c2c1. The lowest BCUT2D eigenvalue weighted by atomic mass is 9.95. The van der Waals surface area contributed by atoms with Crippen molar-refractivity contribution in [2.75, 3.05) is 13.2 Å². The quantitative estimate of drug-likeness (QED) is 0.279. The van der Waals surface area contributed by atoms with E-state index in [-0.39, 0.29) is 5.91 Å². The van der Waals surface area contributed by atoms with Crippen molar-refractivity contribution in [2.24, 2.45) is 5.92 Å². The van der Waals surface area contributed by atoms with Crippen molar-refractivity contribution < 1.29 is 9.53 Å². The highest BCUT2D eigenvalue weighted by Crippen LogP contribution is 2.36. The van der Waals surface area contributed by atoms with Crippen LogP contribution in [0.25, 0.3) is 22.4 Å². The van der Waals surface area contributed by atoms with E-state index in [0.29, 0.717) is 25.0 Å². The number of nitrogens with one attached hydrogen (secondary N) is 1. The smallest absolute Gasteiger partial charge is 0.219 e. The minimum Gasteiger partial charge on any atom is -0.494 e. The van der Waals surface area contributed by atoms with Gasteiger partial charge in [-0.1, -0.05) is 63.4 Å². The van der Waals surface area contributed by atoms with E-state index in [0.717, 1.165) is 49.3 Å². The van der Waals surface area contributed by atoms with Crippen LogP contribution in [0.2, 0.25) is 0 Å². The third-order valence-corrected chi connectivity index (χ3v) is 6.99. The van der Waals surface area contributed by atoms with E-state index in [1.165, 1.54) is 43.2 Å². The van der Waals surface area contributed by atoms with Gasteiger partial charge >= 0.3 is 0 Å². The lowest BCUT2D eigenvalue weighted by Crippen LogP contribution is -2.24. The van der Waals surface area contributed by atoms with Gasteiger partial charge < -0.3 is 14.6 Å². The molecule has 0 atom stereocenters. The zero-order chi connectivity index (χ0) is 24.5. The van der Waals surface area contributed by atoms with E-state index in [4.69, 9.17) is 9.72 Å². The summed E-state index contributed by atoms with van der Waals surface area (Å²) in [5, 5.41) is 3.02. The summed E-state index contributed by atoms with van der Waals surface area (Å²) in [5.74, 6) is 2.76.